The Kier molecular flexibility index (Phi) is 3.90. The Morgan fingerprint density at radius 2 is 1.54 bits per heavy atom. The van der Waals surface area contributed by atoms with E-state index in [0.717, 1.165) is 36.1 Å². The first-order chi connectivity index (χ1) is 11.7. The third-order valence-electron chi connectivity index (χ3n) is 4.64. The normalized spacial score (nSPS) is 21.8. The van der Waals surface area contributed by atoms with Crippen LogP contribution in [0, 0.1) is 11.6 Å². The smallest absolute Gasteiger partial charge is 0.123 e. The van der Waals surface area contributed by atoms with Gasteiger partial charge in [0, 0.05) is 0 Å². The molecule has 4 heteroatoms. The van der Waals surface area contributed by atoms with E-state index in [9.17, 15) is 8.78 Å². The summed E-state index contributed by atoms with van der Waals surface area (Å²) in [5.74, 6) is -0.447. The lowest BCUT2D eigenvalue weighted by Gasteiger charge is -2.19. The number of nitrogens with one attached hydrogen (secondary N) is 2. The Hall–Kier alpha value is -2.46. The minimum atomic E-state index is -0.224. The molecule has 0 saturated heterocycles. The van der Waals surface area contributed by atoms with Crippen molar-refractivity contribution in [3.05, 3.63) is 88.1 Å². The molecule has 0 bridgehead atoms. The molecule has 0 saturated carbocycles. The molecule has 1 aliphatic carbocycles. The zero-order chi connectivity index (χ0) is 16.5. The van der Waals surface area contributed by atoms with Crippen LogP contribution in [-0.4, -0.2) is 0 Å². The number of halogens is 2. The van der Waals surface area contributed by atoms with Crippen LogP contribution in [0.2, 0.25) is 0 Å². The quantitative estimate of drug-likeness (QED) is 0.841. The topological polar surface area (TPSA) is 24.1 Å². The van der Waals surface area contributed by atoms with Crippen LogP contribution in [0.3, 0.4) is 0 Å². The third-order valence-corrected chi connectivity index (χ3v) is 4.64. The molecule has 122 valence electrons. The second-order valence-electron chi connectivity index (χ2n) is 6.23. The van der Waals surface area contributed by atoms with Crippen LogP contribution in [0.4, 0.5) is 8.78 Å². The van der Waals surface area contributed by atoms with Crippen molar-refractivity contribution >= 4 is 6.08 Å². The molecular weight excluding hydrogens is 306 g/mol. The largest absolute Gasteiger partial charge is 0.320 e. The van der Waals surface area contributed by atoms with Crippen molar-refractivity contribution in [2.24, 2.45) is 0 Å². The predicted molar refractivity (Wildman–Crippen MR) is 90.7 cm³/mol. The van der Waals surface area contributed by atoms with Gasteiger partial charge < -0.3 is 5.43 Å². The summed E-state index contributed by atoms with van der Waals surface area (Å²) in [7, 11) is 0. The van der Waals surface area contributed by atoms with Gasteiger partial charge in [-0.05, 0) is 71.9 Å². The zero-order valence-electron chi connectivity index (χ0n) is 13.2. The van der Waals surface area contributed by atoms with Gasteiger partial charge in [0.2, 0.25) is 0 Å². The van der Waals surface area contributed by atoms with Crippen molar-refractivity contribution in [1.82, 2.24) is 10.9 Å². The Morgan fingerprint density at radius 3 is 2.25 bits per heavy atom. The van der Waals surface area contributed by atoms with Crippen molar-refractivity contribution in [2.45, 2.75) is 25.3 Å². The van der Waals surface area contributed by atoms with Crippen molar-refractivity contribution in [3.8, 4) is 0 Å². The van der Waals surface area contributed by atoms with Crippen molar-refractivity contribution in [3.63, 3.8) is 0 Å². The summed E-state index contributed by atoms with van der Waals surface area (Å²) in [4.78, 5) is 0. The molecule has 0 spiro atoms. The monoisotopic (exact) mass is 324 g/mol. The standard InChI is InChI=1S/C20H18F2N2/c21-16-8-4-13(5-9-16)12-15-2-1-3-18-19(23-24-20(15)18)14-6-10-17(22)11-7-14/h4-12,19,23-24H,1-3H2/b15-12+/t19-/m1/s1. The van der Waals surface area contributed by atoms with E-state index in [4.69, 9.17) is 0 Å². The number of benzene rings is 2. The van der Waals surface area contributed by atoms with E-state index in [1.165, 1.54) is 35.4 Å². The molecule has 0 amide bonds. The summed E-state index contributed by atoms with van der Waals surface area (Å²) in [5, 5.41) is 0. The van der Waals surface area contributed by atoms with Gasteiger partial charge in [0.05, 0.1) is 11.7 Å². The maximum Gasteiger partial charge on any atom is 0.123 e. The molecule has 2 aromatic carbocycles. The van der Waals surface area contributed by atoms with E-state index in [0.29, 0.717) is 0 Å². The first-order valence-electron chi connectivity index (χ1n) is 8.17. The Labute approximate surface area is 139 Å². The van der Waals surface area contributed by atoms with Crippen molar-refractivity contribution in [1.29, 1.82) is 0 Å². The molecule has 1 atom stereocenters. The van der Waals surface area contributed by atoms with Gasteiger partial charge in [-0.3, -0.25) is 0 Å². The highest BCUT2D eigenvalue weighted by Crippen LogP contribution is 2.39. The summed E-state index contributed by atoms with van der Waals surface area (Å²) < 4.78 is 26.2. The maximum absolute atomic E-state index is 13.2. The average molecular weight is 324 g/mol. The lowest BCUT2D eigenvalue weighted by molar-refractivity contribution is 0.580. The van der Waals surface area contributed by atoms with E-state index in [-0.39, 0.29) is 17.7 Å². The maximum atomic E-state index is 13.2. The van der Waals surface area contributed by atoms with Crippen molar-refractivity contribution < 1.29 is 8.78 Å². The van der Waals surface area contributed by atoms with E-state index in [2.05, 4.69) is 16.9 Å². The third kappa shape index (κ3) is 2.85. The summed E-state index contributed by atoms with van der Waals surface area (Å²) in [6.45, 7) is 0. The van der Waals surface area contributed by atoms with Crippen LogP contribution in [0.25, 0.3) is 6.08 Å². The van der Waals surface area contributed by atoms with Crippen LogP contribution in [0.15, 0.2) is 65.4 Å². The second-order valence-corrected chi connectivity index (χ2v) is 6.23. The van der Waals surface area contributed by atoms with Crippen molar-refractivity contribution in [2.75, 3.05) is 0 Å². The van der Waals surface area contributed by atoms with E-state index >= 15 is 0 Å². The zero-order valence-corrected chi connectivity index (χ0v) is 13.2. The number of hydrogen-bond acceptors (Lipinski definition) is 2. The molecule has 0 unspecified atom stereocenters. The van der Waals surface area contributed by atoms with Gasteiger partial charge in [0.15, 0.2) is 0 Å². The number of hydrogen-bond donors (Lipinski definition) is 2. The first kappa shape index (κ1) is 15.1. The fraction of sp³-hybridized carbons (Fsp3) is 0.200. The fourth-order valence-electron chi connectivity index (χ4n) is 3.45. The summed E-state index contributed by atoms with van der Waals surface area (Å²) in [5.41, 5.74) is 12.3. The van der Waals surface area contributed by atoms with Gasteiger partial charge in [-0.25, -0.2) is 14.2 Å². The predicted octanol–water partition coefficient (Wildman–Crippen LogP) is 4.64. The number of rotatable bonds is 2. The minimum Gasteiger partial charge on any atom is -0.320 e. The summed E-state index contributed by atoms with van der Waals surface area (Å²) >= 11 is 0. The number of hydrazine groups is 1. The van der Waals surface area contributed by atoms with Crippen LogP contribution in [0.5, 0.6) is 0 Å². The molecule has 1 heterocycles. The molecule has 0 fully saturated rings. The number of allylic oxidation sites excluding steroid dienone is 1. The van der Waals surface area contributed by atoms with Crippen LogP contribution in [-0.2, 0) is 0 Å². The van der Waals surface area contributed by atoms with E-state index in [1.54, 1.807) is 12.1 Å². The van der Waals surface area contributed by atoms with Gasteiger partial charge in [0.1, 0.15) is 11.6 Å². The fourth-order valence-corrected chi connectivity index (χ4v) is 3.45. The van der Waals surface area contributed by atoms with Gasteiger partial charge in [-0.2, -0.15) is 0 Å². The van der Waals surface area contributed by atoms with Gasteiger partial charge in [0.25, 0.3) is 0 Å². The second kappa shape index (κ2) is 6.21. The molecule has 0 radical (unpaired) electrons. The highest BCUT2D eigenvalue weighted by molar-refractivity contribution is 5.61. The Balaban J connectivity index is 1.67. The van der Waals surface area contributed by atoms with E-state index in [1.807, 2.05) is 12.1 Å². The minimum absolute atomic E-state index is 0.0671. The molecule has 24 heavy (non-hydrogen) atoms. The van der Waals surface area contributed by atoms with E-state index < -0.39 is 0 Å². The van der Waals surface area contributed by atoms with Gasteiger partial charge in [-0.15, -0.1) is 0 Å². The molecule has 4 rings (SSSR count). The van der Waals surface area contributed by atoms with Crippen LogP contribution < -0.4 is 10.9 Å². The Morgan fingerprint density at radius 1 is 0.875 bits per heavy atom. The SMILES string of the molecule is Fc1ccc(/C=C2\CCCC3=C2NN[C@@H]3c2ccc(F)cc2)cc1. The highest BCUT2D eigenvalue weighted by atomic mass is 19.1. The Bertz CT molecular complexity index is 805. The van der Waals surface area contributed by atoms with Crippen LogP contribution in [0.1, 0.15) is 36.4 Å². The lowest BCUT2D eigenvalue weighted by Crippen LogP contribution is -2.27. The molecule has 2 nitrogen and oxygen atoms in total. The lowest BCUT2D eigenvalue weighted by atomic mass is 9.86. The van der Waals surface area contributed by atoms with Gasteiger partial charge in [-0.1, -0.05) is 24.3 Å². The molecule has 2 N–H and O–H groups in total. The first-order valence-corrected chi connectivity index (χ1v) is 8.17. The highest BCUT2D eigenvalue weighted by Gasteiger charge is 2.30. The molecule has 2 aromatic rings. The summed E-state index contributed by atoms with van der Waals surface area (Å²) in [6.07, 6.45) is 5.18. The van der Waals surface area contributed by atoms with Crippen LogP contribution >= 0.6 is 0 Å². The average Bonchev–Trinajstić information content (AvgIpc) is 3.03. The molecular formula is C20H18F2N2. The molecule has 1 aliphatic heterocycles. The molecule has 0 aromatic heterocycles. The molecule has 2 aliphatic rings. The van der Waals surface area contributed by atoms with Gasteiger partial charge >= 0.3 is 0 Å². The summed E-state index contributed by atoms with van der Waals surface area (Å²) in [6, 6.07) is 13.2.